The van der Waals surface area contributed by atoms with Crippen molar-refractivity contribution in [1.29, 1.82) is 0 Å². The van der Waals surface area contributed by atoms with Crippen LogP contribution in [0.5, 0.6) is 0 Å². The van der Waals surface area contributed by atoms with Crippen molar-refractivity contribution in [3.63, 3.8) is 0 Å². The van der Waals surface area contributed by atoms with Crippen molar-refractivity contribution < 1.29 is 4.79 Å². The van der Waals surface area contributed by atoms with Crippen LogP contribution in [0.15, 0.2) is 54.6 Å². The molecule has 0 bridgehead atoms. The number of carbonyl (C=O) groups is 1. The number of nitrogens with one attached hydrogen (secondary N) is 2. The van der Waals surface area contributed by atoms with Gasteiger partial charge >= 0.3 is 0 Å². The van der Waals surface area contributed by atoms with E-state index < -0.39 is 0 Å². The van der Waals surface area contributed by atoms with Gasteiger partial charge in [0.25, 0.3) is 5.91 Å². The smallest absolute Gasteiger partial charge is 0.263 e. The second kappa shape index (κ2) is 8.76. The number of hydrogen-bond donors (Lipinski definition) is 2. The number of amides is 1. The molecular weight excluding hydrogens is 380 g/mol. The molecule has 0 saturated carbocycles. The van der Waals surface area contributed by atoms with Gasteiger partial charge in [0.1, 0.15) is 4.88 Å². The first-order valence-electron chi connectivity index (χ1n) is 9.96. The molecule has 0 spiro atoms. The summed E-state index contributed by atoms with van der Waals surface area (Å²) in [7, 11) is 0. The van der Waals surface area contributed by atoms with Crippen LogP contribution in [0.2, 0.25) is 0 Å². The van der Waals surface area contributed by atoms with Gasteiger partial charge in [-0.05, 0) is 37.5 Å². The summed E-state index contributed by atoms with van der Waals surface area (Å²) in [6.07, 6.45) is 0.977. The first-order chi connectivity index (χ1) is 14.1. The predicted molar refractivity (Wildman–Crippen MR) is 119 cm³/mol. The average molecular weight is 407 g/mol. The summed E-state index contributed by atoms with van der Waals surface area (Å²) in [6, 6.07) is 18.7. The summed E-state index contributed by atoms with van der Waals surface area (Å²) in [6.45, 7) is 6.76. The van der Waals surface area contributed by atoms with Gasteiger partial charge in [-0.3, -0.25) is 9.69 Å². The Labute approximate surface area is 175 Å². The van der Waals surface area contributed by atoms with E-state index in [0.717, 1.165) is 48.1 Å². The molecule has 1 amide bonds. The lowest BCUT2D eigenvalue weighted by molar-refractivity contribution is 0.0941. The minimum Gasteiger partial charge on any atom is -0.347 e. The minimum absolute atomic E-state index is 0.0237. The molecule has 5 nitrogen and oxygen atoms in total. The molecule has 4 rings (SSSR count). The molecule has 1 aromatic heterocycles. The summed E-state index contributed by atoms with van der Waals surface area (Å²) in [4.78, 5) is 20.5. The molecule has 2 heterocycles. The Morgan fingerprint density at radius 3 is 2.69 bits per heavy atom. The van der Waals surface area contributed by atoms with Crippen LogP contribution < -0.4 is 10.6 Å². The van der Waals surface area contributed by atoms with Crippen LogP contribution in [-0.4, -0.2) is 34.9 Å². The summed E-state index contributed by atoms with van der Waals surface area (Å²) in [5.74, 6) is -0.0237. The number of thiazole rings is 1. The highest BCUT2D eigenvalue weighted by Crippen LogP contribution is 2.27. The normalized spacial score (nSPS) is 16.7. The van der Waals surface area contributed by atoms with Gasteiger partial charge in [-0.25, -0.2) is 4.98 Å². The van der Waals surface area contributed by atoms with Crippen molar-refractivity contribution in [2.45, 2.75) is 32.9 Å². The zero-order chi connectivity index (χ0) is 20.2. The third kappa shape index (κ3) is 4.83. The Hall–Kier alpha value is -2.70. The SMILES string of the molecule is Cc1ccccc1Nc1nc(C)c(C(=O)NC2CCN(Cc3ccccc3)C2)s1. The molecule has 3 aromatic rings. The third-order valence-electron chi connectivity index (χ3n) is 5.25. The van der Waals surface area contributed by atoms with E-state index in [4.69, 9.17) is 0 Å². The van der Waals surface area contributed by atoms with Crippen LogP contribution in [0.25, 0.3) is 0 Å². The first-order valence-corrected chi connectivity index (χ1v) is 10.8. The van der Waals surface area contributed by atoms with Crippen molar-refractivity contribution in [3.05, 3.63) is 76.3 Å². The fraction of sp³-hybridized carbons (Fsp3) is 0.304. The van der Waals surface area contributed by atoms with E-state index in [-0.39, 0.29) is 11.9 Å². The van der Waals surface area contributed by atoms with Gasteiger partial charge in [-0.15, -0.1) is 0 Å². The van der Waals surface area contributed by atoms with Crippen LogP contribution in [0, 0.1) is 13.8 Å². The Kier molecular flexibility index (Phi) is 5.92. The van der Waals surface area contributed by atoms with Gasteiger partial charge in [0, 0.05) is 31.4 Å². The van der Waals surface area contributed by atoms with E-state index in [1.807, 2.05) is 31.2 Å². The Bertz CT molecular complexity index is 986. The predicted octanol–water partition coefficient (Wildman–Crippen LogP) is 4.51. The van der Waals surface area contributed by atoms with E-state index in [1.54, 1.807) is 0 Å². The number of rotatable bonds is 6. The van der Waals surface area contributed by atoms with E-state index >= 15 is 0 Å². The van der Waals surface area contributed by atoms with Crippen LogP contribution in [0.3, 0.4) is 0 Å². The molecule has 29 heavy (non-hydrogen) atoms. The second-order valence-corrected chi connectivity index (χ2v) is 8.55. The van der Waals surface area contributed by atoms with Crippen LogP contribution in [0.4, 0.5) is 10.8 Å². The monoisotopic (exact) mass is 406 g/mol. The number of carbonyl (C=O) groups excluding carboxylic acids is 1. The molecule has 2 aromatic carbocycles. The number of aryl methyl sites for hydroxylation is 2. The zero-order valence-electron chi connectivity index (χ0n) is 16.8. The van der Waals surface area contributed by atoms with Crippen LogP contribution in [-0.2, 0) is 6.54 Å². The fourth-order valence-corrected chi connectivity index (χ4v) is 4.56. The van der Waals surface area contributed by atoms with Gasteiger partial charge < -0.3 is 10.6 Å². The minimum atomic E-state index is -0.0237. The summed E-state index contributed by atoms with van der Waals surface area (Å²) in [5.41, 5.74) is 4.24. The third-order valence-corrected chi connectivity index (χ3v) is 6.32. The topological polar surface area (TPSA) is 57.3 Å². The maximum Gasteiger partial charge on any atom is 0.263 e. The molecule has 150 valence electrons. The molecule has 1 fully saturated rings. The lowest BCUT2D eigenvalue weighted by Gasteiger charge is -2.16. The molecule has 1 aliphatic heterocycles. The number of aromatic nitrogens is 1. The van der Waals surface area contributed by atoms with E-state index in [1.165, 1.54) is 16.9 Å². The molecule has 1 aliphatic rings. The van der Waals surface area contributed by atoms with Crippen molar-refractivity contribution >= 4 is 28.1 Å². The van der Waals surface area contributed by atoms with Gasteiger partial charge in [0.2, 0.25) is 0 Å². The number of benzene rings is 2. The number of anilines is 2. The summed E-state index contributed by atoms with van der Waals surface area (Å²) in [5, 5.41) is 7.29. The molecule has 1 unspecified atom stereocenters. The lowest BCUT2D eigenvalue weighted by Crippen LogP contribution is -2.36. The largest absolute Gasteiger partial charge is 0.347 e. The van der Waals surface area contributed by atoms with Crippen molar-refractivity contribution in [1.82, 2.24) is 15.2 Å². The summed E-state index contributed by atoms with van der Waals surface area (Å²) < 4.78 is 0. The lowest BCUT2D eigenvalue weighted by atomic mass is 10.2. The molecule has 1 saturated heterocycles. The van der Waals surface area contributed by atoms with Crippen molar-refractivity contribution in [2.24, 2.45) is 0 Å². The second-order valence-electron chi connectivity index (χ2n) is 7.55. The maximum atomic E-state index is 12.8. The van der Waals surface area contributed by atoms with Crippen molar-refractivity contribution in [2.75, 3.05) is 18.4 Å². The highest BCUT2D eigenvalue weighted by atomic mass is 32.1. The number of nitrogens with zero attached hydrogens (tertiary/aromatic N) is 2. The Morgan fingerprint density at radius 1 is 1.14 bits per heavy atom. The first kappa shape index (κ1) is 19.6. The quantitative estimate of drug-likeness (QED) is 0.632. The van der Waals surface area contributed by atoms with Crippen LogP contribution >= 0.6 is 11.3 Å². The van der Waals surface area contributed by atoms with Gasteiger partial charge in [0.15, 0.2) is 5.13 Å². The fourth-order valence-electron chi connectivity index (χ4n) is 3.68. The molecule has 0 aliphatic carbocycles. The summed E-state index contributed by atoms with van der Waals surface area (Å²) >= 11 is 1.41. The molecule has 0 radical (unpaired) electrons. The van der Waals surface area contributed by atoms with E-state index in [0.29, 0.717) is 4.88 Å². The Balaban J connectivity index is 1.35. The average Bonchev–Trinajstić information content (AvgIpc) is 3.30. The number of likely N-dealkylation sites (tertiary alicyclic amines) is 1. The highest BCUT2D eigenvalue weighted by molar-refractivity contribution is 7.17. The standard InChI is InChI=1S/C23H26N4OS/c1-16-8-6-7-11-20(16)26-23-24-17(2)21(29-23)22(28)25-19-12-13-27(15-19)14-18-9-4-3-5-10-18/h3-11,19H,12-15H2,1-2H3,(H,24,26)(H,25,28). The molecule has 6 heteroatoms. The van der Waals surface area contributed by atoms with Crippen LogP contribution in [0.1, 0.15) is 32.9 Å². The Morgan fingerprint density at radius 2 is 1.90 bits per heavy atom. The zero-order valence-corrected chi connectivity index (χ0v) is 17.6. The maximum absolute atomic E-state index is 12.8. The molecule has 1 atom stereocenters. The number of para-hydroxylation sites is 1. The number of hydrogen-bond acceptors (Lipinski definition) is 5. The highest BCUT2D eigenvalue weighted by Gasteiger charge is 2.25. The van der Waals surface area contributed by atoms with Crippen molar-refractivity contribution in [3.8, 4) is 0 Å². The van der Waals surface area contributed by atoms with Gasteiger partial charge in [-0.1, -0.05) is 59.9 Å². The van der Waals surface area contributed by atoms with Gasteiger partial charge in [0.05, 0.1) is 5.69 Å². The molecule has 2 N–H and O–H groups in total. The van der Waals surface area contributed by atoms with E-state index in [2.05, 4.69) is 57.8 Å². The van der Waals surface area contributed by atoms with E-state index in [9.17, 15) is 4.79 Å². The molecular formula is C23H26N4OS. The van der Waals surface area contributed by atoms with Gasteiger partial charge in [-0.2, -0.15) is 0 Å².